The Hall–Kier alpha value is -1.37. The predicted octanol–water partition coefficient (Wildman–Crippen LogP) is 3.67. The number of aldehydes is 1. The minimum absolute atomic E-state index is 0.181. The minimum Gasteiger partial charge on any atom is -0.360 e. The average molecular weight is 274 g/mol. The second-order valence-electron chi connectivity index (χ2n) is 5.70. The third-order valence-corrected chi connectivity index (χ3v) is 3.82. The van der Waals surface area contributed by atoms with Crippen LogP contribution < -0.4 is 0 Å². The molecule has 0 spiro atoms. The van der Waals surface area contributed by atoms with Gasteiger partial charge in [-0.15, -0.1) is 5.92 Å². The van der Waals surface area contributed by atoms with Gasteiger partial charge in [0.25, 0.3) is 0 Å². The van der Waals surface area contributed by atoms with Crippen LogP contribution in [0.3, 0.4) is 0 Å². The molecule has 0 fully saturated rings. The van der Waals surface area contributed by atoms with Crippen molar-refractivity contribution < 1.29 is 9.53 Å². The highest BCUT2D eigenvalue weighted by molar-refractivity contribution is 6.76. The quantitative estimate of drug-likeness (QED) is 0.449. The second kappa shape index (κ2) is 7.93. The van der Waals surface area contributed by atoms with Crippen LogP contribution in [-0.4, -0.2) is 21.0 Å². The van der Waals surface area contributed by atoms with Crippen LogP contribution in [0, 0.1) is 11.8 Å². The first-order valence-corrected chi connectivity index (χ1v) is 10.3. The molecule has 1 aromatic rings. The molecule has 0 aliphatic carbocycles. The maximum absolute atomic E-state index is 10.7. The Morgan fingerprint density at radius 3 is 2.47 bits per heavy atom. The van der Waals surface area contributed by atoms with E-state index in [0.717, 1.165) is 17.9 Å². The van der Waals surface area contributed by atoms with Gasteiger partial charge in [-0.2, -0.15) is 0 Å². The molecule has 3 heteroatoms. The molecule has 0 amide bonds. The van der Waals surface area contributed by atoms with Crippen molar-refractivity contribution in [2.24, 2.45) is 0 Å². The third kappa shape index (κ3) is 6.95. The number of benzene rings is 1. The van der Waals surface area contributed by atoms with Crippen LogP contribution in [0.2, 0.25) is 25.7 Å². The van der Waals surface area contributed by atoms with Gasteiger partial charge in [-0.25, -0.2) is 0 Å². The molecule has 102 valence electrons. The van der Waals surface area contributed by atoms with Crippen molar-refractivity contribution in [3.05, 3.63) is 35.9 Å². The van der Waals surface area contributed by atoms with Crippen LogP contribution in [0.1, 0.15) is 18.1 Å². The molecule has 0 bridgehead atoms. The smallest absolute Gasteiger partial charge is 0.122 e. The molecule has 0 aliphatic rings. The number of hydrogen-bond acceptors (Lipinski definition) is 2. The van der Waals surface area contributed by atoms with E-state index in [9.17, 15) is 4.79 Å². The first-order chi connectivity index (χ1) is 9.03. The van der Waals surface area contributed by atoms with Crippen LogP contribution in [0.15, 0.2) is 30.3 Å². The molecule has 1 unspecified atom stereocenters. The van der Waals surface area contributed by atoms with Crippen molar-refractivity contribution in [1.82, 2.24) is 0 Å². The molecule has 1 atom stereocenters. The van der Waals surface area contributed by atoms with Crippen LogP contribution in [0.5, 0.6) is 0 Å². The molecule has 0 aliphatic heterocycles. The van der Waals surface area contributed by atoms with E-state index in [0.29, 0.717) is 13.0 Å². The van der Waals surface area contributed by atoms with E-state index in [2.05, 4.69) is 31.5 Å². The zero-order chi connectivity index (χ0) is 14.1. The Morgan fingerprint density at radius 1 is 1.21 bits per heavy atom. The van der Waals surface area contributed by atoms with Gasteiger partial charge >= 0.3 is 0 Å². The molecule has 0 aromatic heterocycles. The van der Waals surface area contributed by atoms with Crippen molar-refractivity contribution in [1.29, 1.82) is 0 Å². The highest BCUT2D eigenvalue weighted by Gasteiger charge is 2.11. The topological polar surface area (TPSA) is 26.3 Å². The predicted molar refractivity (Wildman–Crippen MR) is 81.7 cm³/mol. The van der Waals surface area contributed by atoms with Gasteiger partial charge < -0.3 is 9.53 Å². The maximum atomic E-state index is 10.7. The Morgan fingerprint density at radius 2 is 1.89 bits per heavy atom. The van der Waals surface area contributed by atoms with E-state index in [1.165, 1.54) is 0 Å². The Kier molecular flexibility index (Phi) is 6.55. The van der Waals surface area contributed by atoms with Gasteiger partial charge in [-0.3, -0.25) is 0 Å². The fourth-order valence-corrected chi connectivity index (χ4v) is 2.23. The van der Waals surface area contributed by atoms with Crippen LogP contribution in [0.25, 0.3) is 0 Å². The third-order valence-electron chi connectivity index (χ3n) is 2.58. The van der Waals surface area contributed by atoms with Crippen molar-refractivity contribution in [2.75, 3.05) is 6.61 Å². The number of ether oxygens (including phenoxy) is 1. The molecule has 0 saturated carbocycles. The summed E-state index contributed by atoms with van der Waals surface area (Å²) in [6.07, 6.45) is 1.09. The summed E-state index contributed by atoms with van der Waals surface area (Å²) in [6.45, 7) is 7.27. The van der Waals surface area contributed by atoms with Crippen LogP contribution in [-0.2, 0) is 9.53 Å². The number of rotatable bonds is 6. The van der Waals surface area contributed by atoms with Gasteiger partial charge in [0.2, 0.25) is 0 Å². The monoisotopic (exact) mass is 274 g/mol. The lowest BCUT2D eigenvalue weighted by molar-refractivity contribution is -0.110. The fraction of sp³-hybridized carbons (Fsp3) is 0.438. The molecule has 2 nitrogen and oxygen atoms in total. The Bertz CT molecular complexity index is 437. The summed E-state index contributed by atoms with van der Waals surface area (Å²) in [5.41, 5.74) is 1.03. The highest BCUT2D eigenvalue weighted by Crippen LogP contribution is 2.19. The molecule has 1 rings (SSSR count). The minimum atomic E-state index is -1.10. The lowest BCUT2D eigenvalue weighted by atomic mass is 10.1. The summed E-state index contributed by atoms with van der Waals surface area (Å²) in [5, 5.41) is 0. The molecule has 1 aromatic carbocycles. The standard InChI is InChI=1S/C16H22O2Si/c1-19(2,3)14-8-7-13-18-16(11-12-17)15-9-5-4-6-10-15/h4-6,9-10,12,16H,11,13-14H2,1-3H3. The second-order valence-corrected chi connectivity index (χ2v) is 11.2. The molecule has 0 heterocycles. The van der Waals surface area contributed by atoms with Gasteiger partial charge in [0.1, 0.15) is 12.9 Å². The molecular weight excluding hydrogens is 252 g/mol. The SMILES string of the molecule is C[Si](C)(C)CC#CCOC(CC=O)c1ccccc1. The fourth-order valence-electron chi connectivity index (χ4n) is 1.58. The molecule has 0 saturated heterocycles. The van der Waals surface area contributed by atoms with E-state index < -0.39 is 8.07 Å². The zero-order valence-electron chi connectivity index (χ0n) is 12.0. The van der Waals surface area contributed by atoms with E-state index in [4.69, 9.17) is 4.74 Å². The Balaban J connectivity index is 2.49. The molecule has 19 heavy (non-hydrogen) atoms. The summed E-state index contributed by atoms with van der Waals surface area (Å²) in [6, 6.07) is 10.8. The Labute approximate surface area is 117 Å². The zero-order valence-corrected chi connectivity index (χ0v) is 13.0. The van der Waals surface area contributed by atoms with E-state index in [1.54, 1.807) is 0 Å². The molecule has 0 radical (unpaired) electrons. The highest BCUT2D eigenvalue weighted by atomic mass is 28.3. The van der Waals surface area contributed by atoms with Gasteiger partial charge in [0, 0.05) is 12.5 Å². The number of carbonyl (C=O) groups excluding carboxylic acids is 1. The van der Waals surface area contributed by atoms with E-state index >= 15 is 0 Å². The van der Waals surface area contributed by atoms with Gasteiger partial charge in [-0.1, -0.05) is 55.9 Å². The normalized spacial score (nSPS) is 12.4. The summed E-state index contributed by atoms with van der Waals surface area (Å²) < 4.78 is 5.69. The van der Waals surface area contributed by atoms with Crippen LogP contribution in [0.4, 0.5) is 0 Å². The average Bonchev–Trinajstić information content (AvgIpc) is 2.37. The lowest BCUT2D eigenvalue weighted by Gasteiger charge is -2.14. The van der Waals surface area contributed by atoms with E-state index in [-0.39, 0.29) is 6.10 Å². The van der Waals surface area contributed by atoms with Crippen molar-refractivity contribution in [3.63, 3.8) is 0 Å². The number of carbonyl (C=O) groups is 1. The largest absolute Gasteiger partial charge is 0.360 e. The van der Waals surface area contributed by atoms with E-state index in [1.807, 2.05) is 30.3 Å². The summed E-state index contributed by atoms with van der Waals surface area (Å²) in [7, 11) is -1.10. The van der Waals surface area contributed by atoms with Crippen molar-refractivity contribution >= 4 is 14.4 Å². The maximum Gasteiger partial charge on any atom is 0.122 e. The van der Waals surface area contributed by atoms with Gasteiger partial charge in [0.05, 0.1) is 14.2 Å². The molecular formula is C16H22O2Si. The first kappa shape index (κ1) is 15.7. The summed E-state index contributed by atoms with van der Waals surface area (Å²) >= 11 is 0. The van der Waals surface area contributed by atoms with Gasteiger partial charge in [0.15, 0.2) is 0 Å². The van der Waals surface area contributed by atoms with Crippen LogP contribution >= 0.6 is 0 Å². The number of hydrogen-bond donors (Lipinski definition) is 0. The first-order valence-electron chi connectivity index (χ1n) is 6.59. The summed E-state index contributed by atoms with van der Waals surface area (Å²) in [4.78, 5) is 10.7. The lowest BCUT2D eigenvalue weighted by Crippen LogP contribution is -2.17. The van der Waals surface area contributed by atoms with Crippen molar-refractivity contribution in [3.8, 4) is 11.8 Å². The molecule has 0 N–H and O–H groups in total. The van der Waals surface area contributed by atoms with Crippen molar-refractivity contribution in [2.45, 2.75) is 38.2 Å². The summed E-state index contributed by atoms with van der Waals surface area (Å²) in [5.74, 6) is 6.22. The van der Waals surface area contributed by atoms with Gasteiger partial charge in [-0.05, 0) is 5.56 Å².